The molecule has 0 aliphatic carbocycles. The number of benzene rings is 2. The first-order valence-corrected chi connectivity index (χ1v) is 10.1. The second-order valence-electron chi connectivity index (χ2n) is 7.68. The van der Waals surface area contributed by atoms with Crippen molar-refractivity contribution in [3.8, 4) is 5.75 Å². The highest BCUT2D eigenvalue weighted by molar-refractivity contribution is 5.92. The number of piperidine rings is 1. The monoisotopic (exact) mass is 408 g/mol. The van der Waals surface area contributed by atoms with E-state index in [0.717, 1.165) is 32.4 Å². The lowest BCUT2D eigenvalue weighted by Gasteiger charge is -2.31. The van der Waals surface area contributed by atoms with Crippen LogP contribution in [-0.4, -0.2) is 35.6 Å². The molecule has 0 aromatic heterocycles. The molecule has 30 heavy (non-hydrogen) atoms. The number of hydrogen-bond donors (Lipinski definition) is 0. The van der Waals surface area contributed by atoms with Gasteiger partial charge in [0, 0.05) is 42.4 Å². The van der Waals surface area contributed by atoms with Crippen LogP contribution in [-0.2, 0) is 22.6 Å². The molecule has 1 saturated heterocycles. The van der Waals surface area contributed by atoms with E-state index in [1.807, 2.05) is 11.0 Å². The number of fused-ring (bicyclic) bond motifs is 1. The van der Waals surface area contributed by atoms with Crippen LogP contribution < -0.4 is 4.74 Å². The molecule has 1 amide bonds. The lowest BCUT2D eigenvalue weighted by atomic mass is 9.90. The summed E-state index contributed by atoms with van der Waals surface area (Å²) in [4.78, 5) is 25.3. The minimum absolute atomic E-state index is 0.0447. The number of rotatable bonds is 5. The van der Waals surface area contributed by atoms with Gasteiger partial charge in [0.15, 0.2) is 6.79 Å². The second kappa shape index (κ2) is 9.09. The van der Waals surface area contributed by atoms with E-state index < -0.39 is 4.92 Å². The molecule has 0 unspecified atom stereocenters. The standard InChI is InChI=1S/C23H24N2O5/c26-22(24-10-8-18(9-11-24)12-17-4-2-1-3-5-17)7-6-19-13-21(25(27)28)14-20-15-29-16-30-23(19)20/h1-7,13-14,18H,8-12,15-16H2/b7-6+. The van der Waals surface area contributed by atoms with Crippen LogP contribution in [0, 0.1) is 16.0 Å². The summed E-state index contributed by atoms with van der Waals surface area (Å²) < 4.78 is 10.7. The van der Waals surface area contributed by atoms with Crippen molar-refractivity contribution in [3.05, 3.63) is 75.3 Å². The molecule has 0 saturated carbocycles. The third-order valence-electron chi connectivity index (χ3n) is 5.63. The van der Waals surface area contributed by atoms with Crippen molar-refractivity contribution >= 4 is 17.7 Å². The van der Waals surface area contributed by atoms with Gasteiger partial charge in [-0.2, -0.15) is 0 Å². The van der Waals surface area contributed by atoms with Crippen LogP contribution in [0.2, 0.25) is 0 Å². The van der Waals surface area contributed by atoms with Crippen LogP contribution in [0.15, 0.2) is 48.5 Å². The molecule has 2 heterocycles. The lowest BCUT2D eigenvalue weighted by molar-refractivity contribution is -0.385. The Morgan fingerprint density at radius 2 is 1.97 bits per heavy atom. The largest absolute Gasteiger partial charge is 0.467 e. The number of amides is 1. The van der Waals surface area contributed by atoms with Crippen molar-refractivity contribution in [1.29, 1.82) is 0 Å². The van der Waals surface area contributed by atoms with Crippen molar-refractivity contribution < 1.29 is 19.2 Å². The molecule has 7 heteroatoms. The molecule has 4 rings (SSSR count). The summed E-state index contributed by atoms with van der Waals surface area (Å²) in [5.41, 5.74) is 2.43. The highest BCUT2D eigenvalue weighted by Gasteiger charge is 2.23. The number of non-ortho nitro benzene ring substituents is 1. The lowest BCUT2D eigenvalue weighted by Crippen LogP contribution is -2.37. The van der Waals surface area contributed by atoms with Gasteiger partial charge in [-0.3, -0.25) is 14.9 Å². The molecule has 156 valence electrons. The first-order valence-electron chi connectivity index (χ1n) is 10.1. The summed E-state index contributed by atoms with van der Waals surface area (Å²) in [6, 6.07) is 13.3. The van der Waals surface area contributed by atoms with E-state index in [4.69, 9.17) is 9.47 Å². The smallest absolute Gasteiger partial charge is 0.270 e. The van der Waals surface area contributed by atoms with Gasteiger partial charge in [0.2, 0.25) is 5.91 Å². The number of nitro benzene ring substituents is 1. The summed E-state index contributed by atoms with van der Waals surface area (Å²) in [7, 11) is 0. The summed E-state index contributed by atoms with van der Waals surface area (Å²) >= 11 is 0. The highest BCUT2D eigenvalue weighted by atomic mass is 16.7. The van der Waals surface area contributed by atoms with Crippen molar-refractivity contribution in [2.45, 2.75) is 25.9 Å². The number of hydrogen-bond acceptors (Lipinski definition) is 5. The van der Waals surface area contributed by atoms with Crippen LogP contribution >= 0.6 is 0 Å². The molecular weight excluding hydrogens is 384 g/mol. The zero-order valence-corrected chi connectivity index (χ0v) is 16.7. The van der Waals surface area contributed by atoms with Crippen LogP contribution in [0.4, 0.5) is 5.69 Å². The predicted molar refractivity (Wildman–Crippen MR) is 112 cm³/mol. The Balaban J connectivity index is 1.40. The van der Waals surface area contributed by atoms with Gasteiger partial charge < -0.3 is 14.4 Å². The Labute approximate surface area is 175 Å². The zero-order valence-electron chi connectivity index (χ0n) is 16.7. The Hall–Kier alpha value is -3.19. The third kappa shape index (κ3) is 4.68. The van der Waals surface area contributed by atoms with E-state index in [0.29, 0.717) is 22.8 Å². The fourth-order valence-electron chi connectivity index (χ4n) is 4.03. The van der Waals surface area contributed by atoms with E-state index in [1.165, 1.54) is 23.8 Å². The van der Waals surface area contributed by atoms with Crippen molar-refractivity contribution in [2.75, 3.05) is 19.9 Å². The Kier molecular flexibility index (Phi) is 6.09. The van der Waals surface area contributed by atoms with Crippen LogP contribution in [0.1, 0.15) is 29.5 Å². The Morgan fingerprint density at radius 1 is 1.20 bits per heavy atom. The van der Waals surface area contributed by atoms with Crippen molar-refractivity contribution in [2.24, 2.45) is 5.92 Å². The maximum Gasteiger partial charge on any atom is 0.270 e. The van der Waals surface area contributed by atoms with Gasteiger partial charge in [0.1, 0.15) is 5.75 Å². The number of likely N-dealkylation sites (tertiary alicyclic amines) is 1. The Bertz CT molecular complexity index is 950. The molecule has 0 spiro atoms. The Morgan fingerprint density at radius 3 is 2.70 bits per heavy atom. The van der Waals surface area contributed by atoms with Gasteiger partial charge in [-0.1, -0.05) is 30.3 Å². The average Bonchev–Trinajstić information content (AvgIpc) is 2.78. The van der Waals surface area contributed by atoms with E-state index in [1.54, 1.807) is 6.08 Å². The average molecular weight is 408 g/mol. The van der Waals surface area contributed by atoms with Gasteiger partial charge in [-0.25, -0.2) is 0 Å². The number of nitrogens with zero attached hydrogens (tertiary/aromatic N) is 2. The summed E-state index contributed by atoms with van der Waals surface area (Å²) in [6.45, 7) is 1.78. The van der Waals surface area contributed by atoms with Crippen LogP contribution in [0.25, 0.3) is 6.08 Å². The summed E-state index contributed by atoms with van der Waals surface area (Å²) in [5.74, 6) is 1.04. The van der Waals surface area contributed by atoms with E-state index in [-0.39, 0.29) is 25.0 Å². The molecule has 2 aliphatic rings. The number of nitro groups is 1. The zero-order chi connectivity index (χ0) is 20.9. The molecule has 0 N–H and O–H groups in total. The third-order valence-corrected chi connectivity index (χ3v) is 5.63. The molecule has 2 aromatic rings. The molecule has 2 aliphatic heterocycles. The first-order chi connectivity index (χ1) is 14.6. The first kappa shape index (κ1) is 20.1. The topological polar surface area (TPSA) is 81.9 Å². The molecule has 0 radical (unpaired) electrons. The SMILES string of the molecule is O=C(/C=C/c1cc([N+](=O)[O-])cc2c1OCOC2)N1CCC(Cc2ccccc2)CC1. The van der Waals surface area contributed by atoms with Crippen molar-refractivity contribution in [1.82, 2.24) is 4.90 Å². The quantitative estimate of drug-likeness (QED) is 0.425. The van der Waals surface area contributed by atoms with E-state index in [2.05, 4.69) is 24.3 Å². The minimum Gasteiger partial charge on any atom is -0.467 e. The molecule has 7 nitrogen and oxygen atoms in total. The van der Waals surface area contributed by atoms with Gasteiger partial charge in [0.25, 0.3) is 5.69 Å². The van der Waals surface area contributed by atoms with Crippen molar-refractivity contribution in [3.63, 3.8) is 0 Å². The molecule has 0 bridgehead atoms. The predicted octanol–water partition coefficient (Wildman–Crippen LogP) is 3.96. The highest BCUT2D eigenvalue weighted by Crippen LogP contribution is 2.33. The maximum atomic E-state index is 12.7. The minimum atomic E-state index is -0.453. The fourth-order valence-corrected chi connectivity index (χ4v) is 4.03. The van der Waals surface area contributed by atoms with Crippen LogP contribution in [0.5, 0.6) is 5.75 Å². The summed E-state index contributed by atoms with van der Waals surface area (Å²) in [6.07, 6.45) is 6.07. The number of carbonyl (C=O) groups is 1. The van der Waals surface area contributed by atoms with E-state index in [9.17, 15) is 14.9 Å². The van der Waals surface area contributed by atoms with Gasteiger partial charge in [-0.15, -0.1) is 0 Å². The second-order valence-corrected chi connectivity index (χ2v) is 7.68. The molecule has 1 fully saturated rings. The van der Waals surface area contributed by atoms with Crippen LogP contribution in [0.3, 0.4) is 0 Å². The van der Waals surface area contributed by atoms with Gasteiger partial charge >= 0.3 is 0 Å². The fraction of sp³-hybridized carbons (Fsp3) is 0.348. The maximum absolute atomic E-state index is 12.7. The van der Waals surface area contributed by atoms with Gasteiger partial charge in [-0.05, 0) is 36.8 Å². The number of carbonyl (C=O) groups excluding carboxylic acids is 1. The van der Waals surface area contributed by atoms with E-state index >= 15 is 0 Å². The molecule has 2 aromatic carbocycles. The summed E-state index contributed by atoms with van der Waals surface area (Å²) in [5, 5.41) is 11.2. The number of ether oxygens (including phenoxy) is 2. The molecular formula is C23H24N2O5. The normalized spacial score (nSPS) is 16.9. The molecule has 0 atom stereocenters. The van der Waals surface area contributed by atoms with Gasteiger partial charge in [0.05, 0.1) is 11.5 Å².